The van der Waals surface area contributed by atoms with Crippen LogP contribution in [0.1, 0.15) is 32.1 Å². The van der Waals surface area contributed by atoms with E-state index in [-0.39, 0.29) is 18.1 Å². The smallest absolute Gasteiger partial charge is 0.222 e. The van der Waals surface area contributed by atoms with E-state index in [4.69, 9.17) is 4.74 Å². The Labute approximate surface area is 125 Å². The molecule has 0 bridgehead atoms. The molecule has 1 N–H and O–H groups in total. The monoisotopic (exact) mass is 289 g/mol. The molecule has 0 radical (unpaired) electrons. The van der Waals surface area contributed by atoms with Crippen LogP contribution in [0.25, 0.3) is 0 Å². The van der Waals surface area contributed by atoms with Gasteiger partial charge in [-0.3, -0.25) is 4.79 Å². The molecule has 0 saturated heterocycles. The van der Waals surface area contributed by atoms with Gasteiger partial charge in [0.05, 0.1) is 6.04 Å². The molecule has 21 heavy (non-hydrogen) atoms. The molecule has 3 rings (SSSR count). The topological polar surface area (TPSA) is 49.8 Å². The van der Waals surface area contributed by atoms with Crippen LogP contribution in [0, 0.1) is 5.92 Å². The van der Waals surface area contributed by atoms with Gasteiger partial charge >= 0.3 is 0 Å². The molecule has 2 fully saturated rings. The highest BCUT2D eigenvalue weighted by atomic mass is 16.5. The van der Waals surface area contributed by atoms with Gasteiger partial charge in [-0.15, -0.1) is 0 Å². The minimum Gasteiger partial charge on any atom is -0.488 e. The lowest BCUT2D eigenvalue weighted by atomic mass is 10.1. The van der Waals surface area contributed by atoms with Crippen LogP contribution in [0.15, 0.2) is 30.3 Å². The molecule has 2 saturated carbocycles. The molecule has 0 aromatic heterocycles. The van der Waals surface area contributed by atoms with Gasteiger partial charge < -0.3 is 14.7 Å². The molecule has 4 nitrogen and oxygen atoms in total. The molecule has 2 aliphatic rings. The molecule has 114 valence electrons. The molecule has 1 aromatic rings. The van der Waals surface area contributed by atoms with E-state index in [1.807, 2.05) is 37.4 Å². The van der Waals surface area contributed by atoms with Crippen molar-refractivity contribution >= 4 is 5.91 Å². The van der Waals surface area contributed by atoms with Crippen LogP contribution >= 0.6 is 0 Å². The van der Waals surface area contributed by atoms with Crippen molar-refractivity contribution in [1.82, 2.24) is 4.90 Å². The second kappa shape index (κ2) is 6.06. The summed E-state index contributed by atoms with van der Waals surface area (Å²) in [5.41, 5.74) is 0. The lowest BCUT2D eigenvalue weighted by Crippen LogP contribution is -2.45. The third-order valence-electron chi connectivity index (χ3n) is 4.60. The maximum absolute atomic E-state index is 12.2. The summed E-state index contributed by atoms with van der Waals surface area (Å²) in [6.07, 6.45) is 3.71. The van der Waals surface area contributed by atoms with Crippen molar-refractivity contribution in [3.63, 3.8) is 0 Å². The Morgan fingerprint density at radius 1 is 1.24 bits per heavy atom. The number of ether oxygens (including phenoxy) is 1. The quantitative estimate of drug-likeness (QED) is 0.904. The first-order valence-corrected chi connectivity index (χ1v) is 7.80. The zero-order chi connectivity index (χ0) is 14.8. The molecule has 3 atom stereocenters. The molecular weight excluding hydrogens is 266 g/mol. The predicted octanol–water partition coefficient (Wildman–Crippen LogP) is 2.22. The number of benzene rings is 1. The van der Waals surface area contributed by atoms with Crippen LogP contribution in [0.2, 0.25) is 0 Å². The minimum absolute atomic E-state index is 0.120. The largest absolute Gasteiger partial charge is 0.488 e. The van der Waals surface area contributed by atoms with Gasteiger partial charge in [-0.2, -0.15) is 0 Å². The minimum atomic E-state index is -0.613. The summed E-state index contributed by atoms with van der Waals surface area (Å²) in [7, 11) is 1.81. The number of aliphatic hydroxyl groups excluding tert-OH is 1. The van der Waals surface area contributed by atoms with E-state index < -0.39 is 6.10 Å². The van der Waals surface area contributed by atoms with Gasteiger partial charge in [0.2, 0.25) is 5.91 Å². The second-order valence-electron chi connectivity index (χ2n) is 6.26. The summed E-state index contributed by atoms with van der Waals surface area (Å²) >= 11 is 0. The fraction of sp³-hybridized carbons (Fsp3) is 0.588. The second-order valence-corrected chi connectivity index (χ2v) is 6.26. The van der Waals surface area contributed by atoms with E-state index in [0.717, 1.165) is 18.6 Å². The van der Waals surface area contributed by atoms with Crippen LogP contribution < -0.4 is 4.74 Å². The van der Waals surface area contributed by atoms with Crippen molar-refractivity contribution in [3.05, 3.63) is 30.3 Å². The molecule has 0 unspecified atom stereocenters. The standard InChI is InChI=1S/C17H23NO3/c1-18(16(19)11-12-7-8-12)14-9-10-15(17(14)20)21-13-5-3-2-4-6-13/h2-6,12,14-15,17,20H,7-11H2,1H3/t14-,15-,17-/m1/s1. The van der Waals surface area contributed by atoms with Gasteiger partial charge in [0.15, 0.2) is 0 Å². The summed E-state index contributed by atoms with van der Waals surface area (Å²) in [6.45, 7) is 0. The Bertz CT molecular complexity index is 486. The first-order valence-electron chi connectivity index (χ1n) is 7.80. The fourth-order valence-corrected chi connectivity index (χ4v) is 3.05. The van der Waals surface area contributed by atoms with Crippen molar-refractivity contribution in [2.75, 3.05) is 7.05 Å². The van der Waals surface area contributed by atoms with Crippen LogP contribution in [0.3, 0.4) is 0 Å². The SMILES string of the molecule is CN(C(=O)CC1CC1)[C@@H]1CC[C@@H](Oc2ccccc2)[C@@H]1O. The zero-order valence-corrected chi connectivity index (χ0v) is 12.4. The third-order valence-corrected chi connectivity index (χ3v) is 4.60. The maximum atomic E-state index is 12.2. The summed E-state index contributed by atoms with van der Waals surface area (Å²) < 4.78 is 5.85. The predicted molar refractivity (Wildman–Crippen MR) is 80.0 cm³/mol. The van der Waals surface area contributed by atoms with Gasteiger partial charge in [0.1, 0.15) is 18.0 Å². The number of para-hydroxylation sites is 1. The number of aliphatic hydroxyl groups is 1. The maximum Gasteiger partial charge on any atom is 0.222 e. The fourth-order valence-electron chi connectivity index (χ4n) is 3.05. The first kappa shape index (κ1) is 14.4. The Morgan fingerprint density at radius 2 is 1.95 bits per heavy atom. The average molecular weight is 289 g/mol. The number of nitrogens with zero attached hydrogens (tertiary/aromatic N) is 1. The Balaban J connectivity index is 1.57. The summed E-state index contributed by atoms with van der Waals surface area (Å²) in [4.78, 5) is 13.9. The average Bonchev–Trinajstić information content (AvgIpc) is 3.24. The van der Waals surface area contributed by atoms with Crippen LogP contribution in [-0.2, 0) is 4.79 Å². The highest BCUT2D eigenvalue weighted by Gasteiger charge is 2.40. The van der Waals surface area contributed by atoms with Gasteiger partial charge in [-0.25, -0.2) is 0 Å². The van der Waals surface area contributed by atoms with Gasteiger partial charge in [0.25, 0.3) is 0 Å². The highest BCUT2D eigenvalue weighted by Crippen LogP contribution is 2.34. The Kier molecular flexibility index (Phi) is 4.15. The summed E-state index contributed by atoms with van der Waals surface area (Å²) in [5.74, 6) is 1.51. The molecule has 1 aromatic carbocycles. The summed E-state index contributed by atoms with van der Waals surface area (Å²) in [5, 5.41) is 10.5. The van der Waals surface area contributed by atoms with Crippen LogP contribution in [-0.4, -0.2) is 41.2 Å². The molecule has 2 aliphatic carbocycles. The molecule has 0 heterocycles. The highest BCUT2D eigenvalue weighted by molar-refractivity contribution is 5.77. The lowest BCUT2D eigenvalue weighted by molar-refractivity contribution is -0.134. The molecule has 1 amide bonds. The van der Waals surface area contributed by atoms with Crippen molar-refractivity contribution in [1.29, 1.82) is 0 Å². The number of carbonyl (C=O) groups is 1. The lowest BCUT2D eigenvalue weighted by Gasteiger charge is -2.29. The van der Waals surface area contributed by atoms with Crippen molar-refractivity contribution in [3.8, 4) is 5.75 Å². The van der Waals surface area contributed by atoms with Gasteiger partial charge in [-0.1, -0.05) is 18.2 Å². The number of amides is 1. The van der Waals surface area contributed by atoms with E-state index in [9.17, 15) is 9.90 Å². The number of carbonyl (C=O) groups excluding carboxylic acids is 1. The Morgan fingerprint density at radius 3 is 2.62 bits per heavy atom. The van der Waals surface area contributed by atoms with Gasteiger partial charge in [0, 0.05) is 13.5 Å². The number of rotatable bonds is 5. The Hall–Kier alpha value is -1.55. The number of hydrogen-bond donors (Lipinski definition) is 1. The molecular formula is C17H23NO3. The molecule has 0 aliphatic heterocycles. The zero-order valence-electron chi connectivity index (χ0n) is 12.4. The number of hydrogen-bond acceptors (Lipinski definition) is 3. The normalized spacial score (nSPS) is 28.4. The van der Waals surface area contributed by atoms with E-state index in [0.29, 0.717) is 12.3 Å². The van der Waals surface area contributed by atoms with Crippen molar-refractivity contribution in [2.24, 2.45) is 5.92 Å². The molecule has 0 spiro atoms. The van der Waals surface area contributed by atoms with E-state index in [1.165, 1.54) is 12.8 Å². The van der Waals surface area contributed by atoms with E-state index in [2.05, 4.69) is 0 Å². The first-order chi connectivity index (χ1) is 10.1. The summed E-state index contributed by atoms with van der Waals surface area (Å²) in [6, 6.07) is 9.43. The third kappa shape index (κ3) is 3.38. The van der Waals surface area contributed by atoms with Crippen molar-refractivity contribution < 1.29 is 14.6 Å². The number of likely N-dealkylation sites (N-methyl/N-ethyl adjacent to an activating group) is 1. The van der Waals surface area contributed by atoms with Crippen molar-refractivity contribution in [2.45, 2.75) is 50.4 Å². The van der Waals surface area contributed by atoms with Gasteiger partial charge in [-0.05, 0) is 43.7 Å². The molecule has 4 heteroatoms. The van der Waals surface area contributed by atoms with Crippen LogP contribution in [0.4, 0.5) is 0 Å². The van der Waals surface area contributed by atoms with E-state index >= 15 is 0 Å². The van der Waals surface area contributed by atoms with Crippen LogP contribution in [0.5, 0.6) is 5.75 Å². The van der Waals surface area contributed by atoms with E-state index in [1.54, 1.807) is 4.90 Å².